The third-order valence-corrected chi connectivity index (χ3v) is 2.90. The lowest BCUT2D eigenvalue weighted by atomic mass is 10.3. The van der Waals surface area contributed by atoms with Crippen LogP contribution in [0.4, 0.5) is 19.0 Å². The molecule has 3 aromatic heterocycles. The number of nitrogens with zero attached hydrogens (tertiary/aromatic N) is 6. The van der Waals surface area contributed by atoms with Gasteiger partial charge in [0.05, 0.1) is 6.54 Å². The molecule has 0 saturated carbocycles. The molecule has 3 heterocycles. The van der Waals surface area contributed by atoms with Gasteiger partial charge in [0.1, 0.15) is 11.8 Å². The number of hydrogen-bond acceptors (Lipinski definition) is 5. The second-order valence-electron chi connectivity index (χ2n) is 4.34. The Bertz CT molecular complexity index is 774. The Morgan fingerprint density at radius 1 is 1.33 bits per heavy atom. The fourth-order valence-corrected chi connectivity index (χ4v) is 1.83. The van der Waals surface area contributed by atoms with Crippen LogP contribution in [0, 0.1) is 0 Å². The third kappa shape index (κ3) is 2.51. The van der Waals surface area contributed by atoms with Crippen molar-refractivity contribution in [3.63, 3.8) is 0 Å². The maximum atomic E-state index is 12.7. The fraction of sp³-hybridized carbons (Fsp3) is 0.273. The maximum Gasteiger partial charge on any atom is 0.435 e. The van der Waals surface area contributed by atoms with Crippen LogP contribution in [0.1, 0.15) is 11.5 Å². The summed E-state index contributed by atoms with van der Waals surface area (Å²) in [5, 5.41) is 14.0. The molecule has 0 atom stereocenters. The molecule has 1 N–H and O–H groups in total. The quantitative estimate of drug-likeness (QED) is 0.793. The topological polar surface area (TPSA) is 72.9 Å². The Labute approximate surface area is 116 Å². The highest BCUT2D eigenvalue weighted by Crippen LogP contribution is 2.30. The van der Waals surface area contributed by atoms with Gasteiger partial charge in [-0.1, -0.05) is 0 Å². The predicted molar refractivity (Wildman–Crippen MR) is 66.3 cm³/mol. The molecule has 3 aromatic rings. The minimum Gasteiger partial charge on any atom is -0.361 e. The van der Waals surface area contributed by atoms with E-state index in [1.807, 2.05) is 0 Å². The summed E-state index contributed by atoms with van der Waals surface area (Å²) in [6.45, 7) is 0.287. The summed E-state index contributed by atoms with van der Waals surface area (Å²) in [4.78, 5) is 4.03. The molecule has 21 heavy (non-hydrogen) atoms. The lowest BCUT2D eigenvalue weighted by molar-refractivity contribution is -0.141. The number of halogens is 3. The van der Waals surface area contributed by atoms with E-state index in [1.54, 1.807) is 11.6 Å². The van der Waals surface area contributed by atoms with Crippen LogP contribution in [0.15, 0.2) is 24.8 Å². The molecule has 0 bridgehead atoms. The first-order valence-corrected chi connectivity index (χ1v) is 5.93. The Morgan fingerprint density at radius 3 is 2.81 bits per heavy atom. The van der Waals surface area contributed by atoms with Gasteiger partial charge in [-0.05, 0) is 0 Å². The summed E-state index contributed by atoms with van der Waals surface area (Å²) in [6.07, 6.45) is -0.226. The summed E-state index contributed by atoms with van der Waals surface area (Å²) < 4.78 is 40.9. The SMILES string of the molecule is Cn1cnnc1CNc1nccn2nc(C(F)(F)F)cc12. The first-order valence-electron chi connectivity index (χ1n) is 5.93. The van der Waals surface area contributed by atoms with E-state index < -0.39 is 11.9 Å². The van der Waals surface area contributed by atoms with E-state index in [1.165, 1.54) is 18.7 Å². The molecule has 0 aliphatic heterocycles. The average Bonchev–Trinajstić information content (AvgIpc) is 3.02. The molecule has 0 spiro atoms. The number of rotatable bonds is 3. The molecule has 0 aromatic carbocycles. The van der Waals surface area contributed by atoms with Crippen LogP contribution in [0.25, 0.3) is 5.52 Å². The van der Waals surface area contributed by atoms with Crippen molar-refractivity contribution in [2.45, 2.75) is 12.7 Å². The molecule has 0 unspecified atom stereocenters. The Kier molecular flexibility index (Phi) is 3.00. The molecule has 3 rings (SSSR count). The van der Waals surface area contributed by atoms with Gasteiger partial charge in [-0.25, -0.2) is 9.50 Å². The maximum absolute atomic E-state index is 12.7. The Balaban J connectivity index is 1.92. The van der Waals surface area contributed by atoms with Gasteiger partial charge < -0.3 is 9.88 Å². The van der Waals surface area contributed by atoms with Crippen molar-refractivity contribution < 1.29 is 13.2 Å². The highest BCUT2D eigenvalue weighted by molar-refractivity contribution is 5.67. The normalized spacial score (nSPS) is 12.0. The summed E-state index contributed by atoms with van der Waals surface area (Å²) in [7, 11) is 1.77. The van der Waals surface area contributed by atoms with Crippen molar-refractivity contribution in [1.29, 1.82) is 0 Å². The molecule has 0 fully saturated rings. The summed E-state index contributed by atoms with van der Waals surface area (Å²) in [5.41, 5.74) is -0.718. The van der Waals surface area contributed by atoms with Crippen LogP contribution < -0.4 is 5.32 Å². The largest absolute Gasteiger partial charge is 0.435 e. The number of anilines is 1. The zero-order chi connectivity index (χ0) is 15.0. The molecule has 0 saturated heterocycles. The fourth-order valence-electron chi connectivity index (χ4n) is 1.83. The zero-order valence-electron chi connectivity index (χ0n) is 10.8. The van der Waals surface area contributed by atoms with E-state index in [9.17, 15) is 13.2 Å². The Morgan fingerprint density at radius 2 is 2.14 bits per heavy atom. The van der Waals surface area contributed by atoms with E-state index in [4.69, 9.17) is 0 Å². The highest BCUT2D eigenvalue weighted by Gasteiger charge is 2.34. The second-order valence-corrected chi connectivity index (χ2v) is 4.34. The average molecular weight is 297 g/mol. The van der Waals surface area contributed by atoms with Gasteiger partial charge in [0.15, 0.2) is 17.3 Å². The van der Waals surface area contributed by atoms with Gasteiger partial charge in [0, 0.05) is 25.5 Å². The first kappa shape index (κ1) is 13.3. The van der Waals surface area contributed by atoms with E-state index in [-0.39, 0.29) is 12.1 Å². The molecule has 10 heteroatoms. The van der Waals surface area contributed by atoms with Gasteiger partial charge >= 0.3 is 6.18 Å². The molecule has 110 valence electrons. The number of fused-ring (bicyclic) bond motifs is 1. The number of alkyl halides is 3. The van der Waals surface area contributed by atoms with Crippen LogP contribution in [-0.2, 0) is 19.8 Å². The monoisotopic (exact) mass is 297 g/mol. The van der Waals surface area contributed by atoms with Gasteiger partial charge in [0.25, 0.3) is 0 Å². The third-order valence-electron chi connectivity index (χ3n) is 2.90. The minimum absolute atomic E-state index is 0.243. The van der Waals surface area contributed by atoms with E-state index >= 15 is 0 Å². The van der Waals surface area contributed by atoms with Gasteiger partial charge in [0.2, 0.25) is 0 Å². The lowest BCUT2D eigenvalue weighted by Crippen LogP contribution is -2.07. The predicted octanol–water partition coefficient (Wildman–Crippen LogP) is 1.49. The Hall–Kier alpha value is -2.65. The molecule has 0 amide bonds. The molecule has 0 aliphatic carbocycles. The summed E-state index contributed by atoms with van der Waals surface area (Å²) in [5.74, 6) is 0.929. The van der Waals surface area contributed by atoms with Crippen LogP contribution in [0.2, 0.25) is 0 Å². The molecule has 7 nitrogen and oxygen atoms in total. The van der Waals surface area contributed by atoms with Gasteiger partial charge in [-0.15, -0.1) is 10.2 Å². The molecule has 0 aliphatic rings. The summed E-state index contributed by atoms with van der Waals surface area (Å²) >= 11 is 0. The molecular formula is C11H10F3N7. The van der Waals surface area contributed by atoms with Gasteiger partial charge in [-0.3, -0.25) is 0 Å². The van der Waals surface area contributed by atoms with Crippen molar-refractivity contribution in [3.8, 4) is 0 Å². The standard InChI is InChI=1S/C11H10F3N7/c1-20-6-17-18-9(20)5-16-10-7-4-8(11(12,13)14)19-21(7)3-2-15-10/h2-4,6H,5H2,1H3,(H,15,16). The van der Waals surface area contributed by atoms with Crippen molar-refractivity contribution in [1.82, 2.24) is 29.4 Å². The summed E-state index contributed by atoms with van der Waals surface area (Å²) in [6, 6.07) is 0.950. The smallest absolute Gasteiger partial charge is 0.361 e. The van der Waals surface area contributed by atoms with Crippen molar-refractivity contribution in [3.05, 3.63) is 36.3 Å². The lowest BCUT2D eigenvalue weighted by Gasteiger charge is -2.05. The van der Waals surface area contributed by atoms with E-state index in [0.717, 1.165) is 10.6 Å². The van der Waals surface area contributed by atoms with E-state index in [2.05, 4.69) is 25.6 Å². The number of aromatic nitrogens is 6. The van der Waals surface area contributed by atoms with Gasteiger partial charge in [-0.2, -0.15) is 18.3 Å². The molecule has 0 radical (unpaired) electrons. The van der Waals surface area contributed by atoms with Crippen molar-refractivity contribution >= 4 is 11.3 Å². The van der Waals surface area contributed by atoms with Crippen LogP contribution in [0.5, 0.6) is 0 Å². The number of nitrogens with one attached hydrogen (secondary N) is 1. The van der Waals surface area contributed by atoms with Crippen LogP contribution in [0.3, 0.4) is 0 Å². The van der Waals surface area contributed by atoms with E-state index in [0.29, 0.717) is 11.6 Å². The van der Waals surface area contributed by atoms with Crippen molar-refractivity contribution in [2.75, 3.05) is 5.32 Å². The van der Waals surface area contributed by atoms with Crippen molar-refractivity contribution in [2.24, 2.45) is 7.05 Å². The van der Waals surface area contributed by atoms with Crippen LogP contribution >= 0.6 is 0 Å². The minimum atomic E-state index is -4.49. The zero-order valence-corrected chi connectivity index (χ0v) is 10.8. The first-order chi connectivity index (χ1) is 9.95. The molecular weight excluding hydrogens is 287 g/mol. The van der Waals surface area contributed by atoms with Crippen LogP contribution in [-0.4, -0.2) is 29.4 Å². The number of aryl methyl sites for hydroxylation is 1. The second kappa shape index (κ2) is 4.72. The highest BCUT2D eigenvalue weighted by atomic mass is 19.4. The number of hydrogen-bond donors (Lipinski definition) is 1.